The van der Waals surface area contributed by atoms with Crippen LogP contribution in [-0.4, -0.2) is 76.1 Å². The van der Waals surface area contributed by atoms with Crippen LogP contribution in [0.1, 0.15) is 38.7 Å². The van der Waals surface area contributed by atoms with Gasteiger partial charge in [-0.15, -0.1) is 0 Å². The molecular formula is C23H34N4O6. The van der Waals surface area contributed by atoms with E-state index in [4.69, 9.17) is 10.8 Å². The van der Waals surface area contributed by atoms with Crippen LogP contribution in [-0.2, 0) is 25.6 Å². The predicted octanol–water partition coefficient (Wildman–Crippen LogP) is -0.360. The van der Waals surface area contributed by atoms with Crippen LogP contribution >= 0.6 is 0 Å². The van der Waals surface area contributed by atoms with Crippen LogP contribution in [0, 0.1) is 5.92 Å². The standard InChI is InChI=1S/C23H34N4O6/c1-3-14(2)19(24)21(30)25-16(12-15-8-5-4-6-9-15)22(31)27-11-7-10-18(27)20(29)26-17(13-28)23(32)33/h4-6,8-9,14,16-19,28H,3,7,10-13,24H2,1-2H3,(H,25,30)(H,26,29)(H,32,33). The molecule has 33 heavy (non-hydrogen) atoms. The van der Waals surface area contributed by atoms with Crippen LogP contribution in [0.25, 0.3) is 0 Å². The fraction of sp³-hybridized carbons (Fsp3) is 0.565. The molecular weight excluding hydrogens is 428 g/mol. The SMILES string of the molecule is CCC(C)C(N)C(=O)NC(Cc1ccccc1)C(=O)N1CCCC1C(=O)NC(CO)C(=O)O. The maximum atomic E-state index is 13.5. The number of likely N-dealkylation sites (tertiary alicyclic amines) is 1. The molecule has 5 atom stereocenters. The summed E-state index contributed by atoms with van der Waals surface area (Å²) in [5, 5.41) is 23.3. The Morgan fingerprint density at radius 2 is 1.82 bits per heavy atom. The number of amides is 3. The molecule has 0 spiro atoms. The zero-order chi connectivity index (χ0) is 24.5. The maximum Gasteiger partial charge on any atom is 0.328 e. The van der Waals surface area contributed by atoms with Gasteiger partial charge in [0.25, 0.3) is 0 Å². The van der Waals surface area contributed by atoms with Crippen LogP contribution < -0.4 is 16.4 Å². The highest BCUT2D eigenvalue weighted by Gasteiger charge is 2.39. The van der Waals surface area contributed by atoms with E-state index in [-0.39, 0.29) is 12.3 Å². The first-order valence-electron chi connectivity index (χ1n) is 11.2. The molecule has 0 aliphatic carbocycles. The van der Waals surface area contributed by atoms with Gasteiger partial charge < -0.3 is 31.5 Å². The molecule has 1 aliphatic heterocycles. The van der Waals surface area contributed by atoms with Crippen LogP contribution in [0.5, 0.6) is 0 Å². The van der Waals surface area contributed by atoms with Gasteiger partial charge in [-0.25, -0.2) is 4.79 Å². The second-order valence-electron chi connectivity index (χ2n) is 8.43. The molecule has 0 bridgehead atoms. The van der Waals surface area contributed by atoms with E-state index in [9.17, 15) is 24.3 Å². The molecule has 2 rings (SSSR count). The first kappa shape index (κ1) is 26.3. The van der Waals surface area contributed by atoms with Crippen molar-refractivity contribution in [2.24, 2.45) is 11.7 Å². The lowest BCUT2D eigenvalue weighted by Crippen LogP contribution is -2.58. The zero-order valence-corrected chi connectivity index (χ0v) is 19.1. The molecule has 10 nitrogen and oxygen atoms in total. The molecule has 10 heteroatoms. The van der Waals surface area contributed by atoms with Crippen LogP contribution in [0.2, 0.25) is 0 Å². The van der Waals surface area contributed by atoms with Crippen LogP contribution in [0.15, 0.2) is 30.3 Å². The maximum absolute atomic E-state index is 13.5. The number of nitrogens with zero attached hydrogens (tertiary/aromatic N) is 1. The Bertz CT molecular complexity index is 834. The Labute approximate surface area is 193 Å². The van der Waals surface area contributed by atoms with E-state index in [0.717, 1.165) is 5.56 Å². The van der Waals surface area contributed by atoms with E-state index in [1.807, 2.05) is 44.2 Å². The van der Waals surface area contributed by atoms with Gasteiger partial charge >= 0.3 is 5.97 Å². The van der Waals surface area contributed by atoms with Gasteiger partial charge in [0.2, 0.25) is 17.7 Å². The minimum atomic E-state index is -1.46. The topological polar surface area (TPSA) is 162 Å². The number of hydrogen-bond donors (Lipinski definition) is 5. The number of rotatable bonds is 11. The van der Waals surface area contributed by atoms with Gasteiger partial charge in [-0.3, -0.25) is 14.4 Å². The van der Waals surface area contributed by atoms with Crippen molar-refractivity contribution in [3.63, 3.8) is 0 Å². The highest BCUT2D eigenvalue weighted by atomic mass is 16.4. The lowest BCUT2D eigenvalue weighted by atomic mass is 9.98. The third-order valence-electron chi connectivity index (χ3n) is 6.09. The summed E-state index contributed by atoms with van der Waals surface area (Å²) < 4.78 is 0. The summed E-state index contributed by atoms with van der Waals surface area (Å²) in [4.78, 5) is 51.4. The van der Waals surface area contributed by atoms with E-state index in [0.29, 0.717) is 25.8 Å². The number of benzene rings is 1. The van der Waals surface area contributed by atoms with Crippen molar-refractivity contribution < 1.29 is 29.4 Å². The minimum Gasteiger partial charge on any atom is -0.480 e. The molecule has 0 aromatic heterocycles. The molecule has 1 saturated heterocycles. The molecule has 1 heterocycles. The summed E-state index contributed by atoms with van der Waals surface area (Å²) in [6, 6.07) is 5.14. The van der Waals surface area contributed by atoms with Crippen molar-refractivity contribution in [3.8, 4) is 0 Å². The first-order valence-corrected chi connectivity index (χ1v) is 11.2. The Morgan fingerprint density at radius 1 is 1.15 bits per heavy atom. The van der Waals surface area contributed by atoms with E-state index < -0.39 is 54.5 Å². The highest BCUT2D eigenvalue weighted by molar-refractivity contribution is 5.94. The largest absolute Gasteiger partial charge is 0.480 e. The van der Waals surface area contributed by atoms with Gasteiger partial charge in [0.15, 0.2) is 0 Å². The van der Waals surface area contributed by atoms with Crippen molar-refractivity contribution in [1.82, 2.24) is 15.5 Å². The summed E-state index contributed by atoms with van der Waals surface area (Å²) in [5.74, 6) is -2.96. The fourth-order valence-corrected chi connectivity index (χ4v) is 3.79. The van der Waals surface area contributed by atoms with E-state index in [2.05, 4.69) is 10.6 Å². The number of carboxylic acids is 1. The van der Waals surface area contributed by atoms with Crippen molar-refractivity contribution in [2.75, 3.05) is 13.2 Å². The zero-order valence-electron chi connectivity index (χ0n) is 19.1. The van der Waals surface area contributed by atoms with Crippen LogP contribution in [0.4, 0.5) is 0 Å². The van der Waals surface area contributed by atoms with Crippen molar-refractivity contribution in [3.05, 3.63) is 35.9 Å². The number of aliphatic carboxylic acids is 1. The molecule has 3 amide bonds. The number of aliphatic hydroxyl groups is 1. The average Bonchev–Trinajstić information content (AvgIpc) is 3.30. The van der Waals surface area contributed by atoms with Crippen LogP contribution in [0.3, 0.4) is 0 Å². The Kier molecular flexibility index (Phi) is 9.80. The van der Waals surface area contributed by atoms with Crippen molar-refractivity contribution in [2.45, 2.75) is 63.7 Å². The third-order valence-corrected chi connectivity index (χ3v) is 6.09. The number of carbonyl (C=O) groups is 4. The van der Waals surface area contributed by atoms with E-state index >= 15 is 0 Å². The summed E-state index contributed by atoms with van der Waals surface area (Å²) in [6.45, 7) is 3.32. The number of aliphatic hydroxyl groups excluding tert-OH is 1. The molecule has 182 valence electrons. The van der Waals surface area contributed by atoms with Gasteiger partial charge in [-0.2, -0.15) is 0 Å². The number of nitrogens with two attached hydrogens (primary N) is 1. The summed E-state index contributed by atoms with van der Waals surface area (Å²) in [7, 11) is 0. The number of nitrogens with one attached hydrogen (secondary N) is 2. The fourth-order valence-electron chi connectivity index (χ4n) is 3.79. The summed E-state index contributed by atoms with van der Waals surface area (Å²) in [5.41, 5.74) is 6.89. The van der Waals surface area contributed by atoms with Gasteiger partial charge in [0.05, 0.1) is 12.6 Å². The number of hydrogen-bond acceptors (Lipinski definition) is 6. The first-order chi connectivity index (χ1) is 15.7. The Balaban J connectivity index is 2.21. The second kappa shape index (κ2) is 12.3. The Morgan fingerprint density at radius 3 is 2.39 bits per heavy atom. The molecule has 0 saturated carbocycles. The van der Waals surface area contributed by atoms with Gasteiger partial charge in [-0.05, 0) is 24.3 Å². The molecule has 0 radical (unpaired) electrons. The molecule has 6 N–H and O–H groups in total. The highest BCUT2D eigenvalue weighted by Crippen LogP contribution is 2.20. The normalized spacial score (nSPS) is 19.3. The smallest absolute Gasteiger partial charge is 0.328 e. The van der Waals surface area contributed by atoms with E-state index in [1.54, 1.807) is 0 Å². The van der Waals surface area contributed by atoms with Gasteiger partial charge in [-0.1, -0.05) is 50.6 Å². The quantitative estimate of drug-likeness (QED) is 0.300. The van der Waals surface area contributed by atoms with Gasteiger partial charge in [0, 0.05) is 13.0 Å². The second-order valence-corrected chi connectivity index (χ2v) is 8.43. The molecule has 1 aromatic rings. The lowest BCUT2D eigenvalue weighted by Gasteiger charge is -2.30. The lowest BCUT2D eigenvalue weighted by molar-refractivity contribution is -0.145. The number of carbonyl (C=O) groups excluding carboxylic acids is 3. The molecule has 1 aliphatic rings. The number of carboxylic acid groups (broad SMARTS) is 1. The predicted molar refractivity (Wildman–Crippen MR) is 121 cm³/mol. The van der Waals surface area contributed by atoms with Crippen molar-refractivity contribution >= 4 is 23.7 Å². The third kappa shape index (κ3) is 7.00. The summed E-state index contributed by atoms with van der Waals surface area (Å²) in [6.07, 6.45) is 1.83. The molecule has 1 aromatic carbocycles. The van der Waals surface area contributed by atoms with E-state index in [1.165, 1.54) is 4.90 Å². The Hall–Kier alpha value is -2.98. The monoisotopic (exact) mass is 462 g/mol. The van der Waals surface area contributed by atoms with Gasteiger partial charge in [0.1, 0.15) is 18.1 Å². The average molecular weight is 463 g/mol. The minimum absolute atomic E-state index is 0.0748. The molecule has 1 fully saturated rings. The van der Waals surface area contributed by atoms with Crippen molar-refractivity contribution in [1.29, 1.82) is 0 Å². The molecule has 5 unspecified atom stereocenters. The summed E-state index contributed by atoms with van der Waals surface area (Å²) >= 11 is 0.